The number of aliphatic carboxylic acids is 1. The average molecular weight is 491 g/mol. The molecule has 22 heavy (non-hydrogen) atoms. The van der Waals surface area contributed by atoms with Crippen LogP contribution in [0.4, 0.5) is 0 Å². The van der Waals surface area contributed by atoms with Gasteiger partial charge in [0.15, 0.2) is 0 Å². The highest BCUT2D eigenvalue weighted by Gasteiger charge is 2.23. The van der Waals surface area contributed by atoms with Crippen LogP contribution in [0.2, 0.25) is 0 Å². The predicted molar refractivity (Wildman–Crippen MR) is 103 cm³/mol. The Morgan fingerprint density at radius 3 is 1.91 bits per heavy atom. The van der Waals surface area contributed by atoms with E-state index in [0.29, 0.717) is 0 Å². The van der Waals surface area contributed by atoms with E-state index in [-0.39, 0.29) is 4.83 Å². The Morgan fingerprint density at radius 2 is 1.45 bits per heavy atom. The van der Waals surface area contributed by atoms with Gasteiger partial charge in [0, 0.05) is 0 Å². The number of alkyl halides is 2. The Bertz CT molecular complexity index is 585. The second-order valence-corrected chi connectivity index (χ2v) is 6.76. The molecule has 0 aliphatic heterocycles. The van der Waals surface area contributed by atoms with E-state index in [2.05, 4.69) is 59.9 Å². The third-order valence-electron chi connectivity index (χ3n) is 2.67. The lowest BCUT2D eigenvalue weighted by molar-refractivity contribution is -0.136. The van der Waals surface area contributed by atoms with Crippen molar-refractivity contribution >= 4 is 59.8 Å². The number of halogens is 3. The maximum Gasteiger partial charge on any atom is 0.318 e. The van der Waals surface area contributed by atoms with Crippen molar-refractivity contribution in [2.24, 2.45) is 0 Å². The third kappa shape index (κ3) is 6.90. The van der Waals surface area contributed by atoms with Crippen LogP contribution in [0.1, 0.15) is 16.0 Å². The Morgan fingerprint density at radius 1 is 0.955 bits per heavy atom. The highest BCUT2D eigenvalue weighted by Crippen LogP contribution is 2.30. The highest BCUT2D eigenvalue weighted by molar-refractivity contribution is 9.12. The van der Waals surface area contributed by atoms with Gasteiger partial charge in [0.25, 0.3) is 0 Å². The minimum absolute atomic E-state index is 0.203. The van der Waals surface area contributed by atoms with Gasteiger partial charge in [-0.3, -0.25) is 4.79 Å². The van der Waals surface area contributed by atoms with Crippen LogP contribution in [0.15, 0.2) is 65.6 Å². The molecule has 1 N–H and O–H groups in total. The van der Waals surface area contributed by atoms with Crippen molar-refractivity contribution in [2.45, 2.75) is 9.65 Å². The van der Waals surface area contributed by atoms with E-state index in [4.69, 9.17) is 5.11 Å². The molecule has 0 heterocycles. The van der Waals surface area contributed by atoms with Crippen LogP contribution < -0.4 is 0 Å². The number of hydrogen-bond acceptors (Lipinski definition) is 1. The normalized spacial score (nSPS) is 13.0. The van der Waals surface area contributed by atoms with Crippen molar-refractivity contribution in [2.75, 3.05) is 0 Å². The van der Waals surface area contributed by atoms with Gasteiger partial charge in [-0.05, 0) is 22.2 Å². The molecule has 0 amide bonds. The molecule has 2 aromatic rings. The second kappa shape index (κ2) is 10.8. The van der Waals surface area contributed by atoms with E-state index in [1.807, 2.05) is 59.6 Å². The smallest absolute Gasteiger partial charge is 0.318 e. The first-order valence-electron chi connectivity index (χ1n) is 6.44. The molecule has 0 bridgehead atoms. The van der Waals surface area contributed by atoms with Crippen molar-refractivity contribution < 1.29 is 9.90 Å². The van der Waals surface area contributed by atoms with E-state index in [1.54, 1.807) is 0 Å². The van der Waals surface area contributed by atoms with E-state index < -0.39 is 10.8 Å². The fourth-order valence-electron chi connectivity index (χ4n) is 1.57. The maximum absolute atomic E-state index is 10.6. The van der Waals surface area contributed by atoms with Crippen molar-refractivity contribution in [1.29, 1.82) is 0 Å². The second-order valence-electron chi connectivity index (χ2n) is 4.26. The summed E-state index contributed by atoms with van der Waals surface area (Å²) in [5, 5.41) is 8.74. The molecule has 2 atom stereocenters. The minimum Gasteiger partial charge on any atom is -0.480 e. The summed E-state index contributed by atoms with van der Waals surface area (Å²) >= 11 is 9.63. The molecule has 0 spiro atoms. The number of rotatable bonds is 4. The lowest BCUT2D eigenvalue weighted by Gasteiger charge is -2.12. The van der Waals surface area contributed by atoms with Crippen LogP contribution in [0.3, 0.4) is 0 Å². The van der Waals surface area contributed by atoms with Crippen LogP contribution in [0, 0.1) is 0 Å². The van der Waals surface area contributed by atoms with Gasteiger partial charge in [0.05, 0.1) is 4.83 Å². The predicted octanol–water partition coefficient (Wildman–Crippen LogP) is 6.02. The van der Waals surface area contributed by atoms with Crippen molar-refractivity contribution in [3.8, 4) is 0 Å². The number of carbonyl (C=O) groups is 1. The van der Waals surface area contributed by atoms with Gasteiger partial charge in [0.2, 0.25) is 0 Å². The van der Waals surface area contributed by atoms with Crippen LogP contribution in [0.25, 0.3) is 6.08 Å². The van der Waals surface area contributed by atoms with Crippen molar-refractivity contribution in [3.63, 3.8) is 0 Å². The molecule has 116 valence electrons. The van der Waals surface area contributed by atoms with Gasteiger partial charge in [-0.2, -0.15) is 0 Å². The summed E-state index contributed by atoms with van der Waals surface area (Å²) in [4.78, 5) is 11.7. The van der Waals surface area contributed by atoms with Gasteiger partial charge < -0.3 is 5.11 Å². The summed E-state index contributed by atoms with van der Waals surface area (Å²) in [5.74, 6) is -0.870. The summed E-state index contributed by atoms with van der Waals surface area (Å²) in [7, 11) is 0. The van der Waals surface area contributed by atoms with Crippen LogP contribution >= 0.6 is 47.8 Å². The molecule has 0 aliphatic carbocycles. The molecule has 5 heteroatoms. The Balaban J connectivity index is 0.000000235. The molecule has 0 aromatic heterocycles. The van der Waals surface area contributed by atoms with Gasteiger partial charge in [-0.25, -0.2) is 0 Å². The number of hydrogen-bond donors (Lipinski definition) is 1. The molecule has 0 radical (unpaired) electrons. The van der Waals surface area contributed by atoms with E-state index in [1.165, 1.54) is 5.56 Å². The molecule has 2 rings (SSSR count). The largest absolute Gasteiger partial charge is 0.480 e. The maximum atomic E-state index is 10.6. The molecule has 0 aliphatic rings. The summed E-state index contributed by atoms with van der Waals surface area (Å²) in [6.07, 6.45) is 2.00. The zero-order valence-electron chi connectivity index (χ0n) is 11.6. The fraction of sp³-hybridized carbons (Fsp3) is 0.118. The molecule has 0 saturated heterocycles. The van der Waals surface area contributed by atoms with E-state index in [0.717, 1.165) is 5.56 Å². The highest BCUT2D eigenvalue weighted by atomic mass is 79.9. The molecule has 0 saturated carbocycles. The van der Waals surface area contributed by atoms with Gasteiger partial charge >= 0.3 is 5.97 Å². The summed E-state index contributed by atoms with van der Waals surface area (Å²) < 4.78 is 0. The van der Waals surface area contributed by atoms with Gasteiger partial charge in [-0.15, -0.1) is 0 Å². The average Bonchev–Trinajstić information content (AvgIpc) is 2.56. The van der Waals surface area contributed by atoms with Crippen LogP contribution in [0.5, 0.6) is 0 Å². The van der Waals surface area contributed by atoms with Gasteiger partial charge in [-0.1, -0.05) is 108 Å². The summed E-state index contributed by atoms with van der Waals surface area (Å²) in [5.41, 5.74) is 2.17. The molecule has 2 aromatic carbocycles. The first-order valence-corrected chi connectivity index (χ1v) is 9.18. The molecule has 0 fully saturated rings. The first kappa shape index (κ1) is 19.1. The quantitative estimate of drug-likeness (QED) is 0.532. The Hall–Kier alpha value is -0.910. The Labute approximate surface area is 155 Å². The van der Waals surface area contributed by atoms with Crippen LogP contribution in [-0.4, -0.2) is 15.9 Å². The minimum atomic E-state index is -0.870. The first-order chi connectivity index (χ1) is 10.6. The molecular weight excluding hydrogens is 476 g/mol. The SMILES string of the molecule is Br/C=C\c1ccccc1.O=C(O)C(Br)C(Br)c1ccccc1. The Kier molecular flexibility index (Phi) is 9.36. The number of carboxylic acid groups (broad SMARTS) is 1. The standard InChI is InChI=1S/C9H8Br2O2.C8H7Br/c10-7(8(11)9(12)13)6-4-2-1-3-5-6;9-7-6-8-4-2-1-3-5-8/h1-5,7-8H,(H,12,13);1-7H/b;7-6-. The monoisotopic (exact) mass is 488 g/mol. The third-order valence-corrected chi connectivity index (χ3v) is 5.62. The summed E-state index contributed by atoms with van der Waals surface area (Å²) in [6.45, 7) is 0. The van der Waals surface area contributed by atoms with E-state index >= 15 is 0 Å². The molecule has 2 nitrogen and oxygen atoms in total. The van der Waals surface area contributed by atoms with Crippen molar-refractivity contribution in [3.05, 3.63) is 76.8 Å². The lowest BCUT2D eigenvalue weighted by atomic mass is 10.1. The molecule has 2 unspecified atom stereocenters. The number of benzene rings is 2. The topological polar surface area (TPSA) is 37.3 Å². The zero-order chi connectivity index (χ0) is 16.4. The van der Waals surface area contributed by atoms with Crippen molar-refractivity contribution in [1.82, 2.24) is 0 Å². The molecular formula is C17H15Br3O2. The van der Waals surface area contributed by atoms with Gasteiger partial charge in [0.1, 0.15) is 4.83 Å². The lowest BCUT2D eigenvalue weighted by Crippen LogP contribution is -2.17. The fourth-order valence-corrected chi connectivity index (χ4v) is 2.71. The summed E-state index contributed by atoms with van der Waals surface area (Å²) in [6, 6.07) is 19.6. The van der Waals surface area contributed by atoms with E-state index in [9.17, 15) is 4.79 Å². The zero-order valence-corrected chi connectivity index (χ0v) is 16.3. The van der Waals surface area contributed by atoms with Crippen LogP contribution in [-0.2, 0) is 4.79 Å². The number of carboxylic acids is 1.